The van der Waals surface area contributed by atoms with Gasteiger partial charge in [-0.1, -0.05) is 0 Å². The molecule has 0 aromatic carbocycles. The van der Waals surface area contributed by atoms with Crippen molar-refractivity contribution in [3.8, 4) is 0 Å². The predicted octanol–water partition coefficient (Wildman–Crippen LogP) is -2.20. The topological polar surface area (TPSA) is 153 Å². The van der Waals surface area contributed by atoms with Gasteiger partial charge in [-0.3, -0.25) is 4.79 Å². The van der Waals surface area contributed by atoms with Gasteiger partial charge in [-0.15, -0.1) is 0 Å². The molecule has 0 rings (SSSR count). The minimum atomic E-state index is -1.18. The molecule has 0 saturated heterocycles. The molecule has 0 aromatic heterocycles. The summed E-state index contributed by atoms with van der Waals surface area (Å²) in [6, 6.07) is -1.99. The van der Waals surface area contributed by atoms with Crippen LogP contribution in [0.15, 0.2) is 0 Å². The van der Waals surface area contributed by atoms with Crippen LogP contribution in [0.5, 0.6) is 0 Å². The summed E-state index contributed by atoms with van der Waals surface area (Å²) in [4.78, 5) is 18.9. The molecular formula is C5H13N3O4. The van der Waals surface area contributed by atoms with E-state index in [0.29, 0.717) is 0 Å². The number of primary amides is 2. The largest absolute Gasteiger partial charge is 0.480 e. The number of carboxylic acid groups (broad SMARTS) is 1. The molecule has 0 saturated carbocycles. The van der Waals surface area contributed by atoms with Gasteiger partial charge in [0.15, 0.2) is 0 Å². The molecule has 0 aromatic rings. The quantitative estimate of drug-likeness (QED) is 0.325. The first-order valence-corrected chi connectivity index (χ1v) is 3.00. The van der Waals surface area contributed by atoms with Crippen molar-refractivity contribution in [3.05, 3.63) is 0 Å². The minimum absolute atomic E-state index is 0.833. The number of rotatable bonds is 2. The van der Waals surface area contributed by atoms with Crippen LogP contribution in [0.1, 0.15) is 6.92 Å². The summed E-state index contributed by atoms with van der Waals surface area (Å²) < 4.78 is 0. The second kappa shape index (κ2) is 6.38. The van der Waals surface area contributed by atoms with Gasteiger partial charge in [0.2, 0.25) is 0 Å². The van der Waals surface area contributed by atoms with Crippen molar-refractivity contribution in [2.45, 2.75) is 19.1 Å². The molecule has 0 bridgehead atoms. The Morgan fingerprint density at radius 1 is 1.33 bits per heavy atom. The number of aliphatic hydroxyl groups is 1. The summed E-state index contributed by atoms with van der Waals surface area (Å²) in [6.45, 7) is 1.33. The highest BCUT2D eigenvalue weighted by Gasteiger charge is 2.16. The second-order valence-corrected chi connectivity index (χ2v) is 2.01. The van der Waals surface area contributed by atoms with Gasteiger partial charge < -0.3 is 27.4 Å². The Morgan fingerprint density at radius 3 is 1.58 bits per heavy atom. The van der Waals surface area contributed by atoms with Crippen molar-refractivity contribution in [1.82, 2.24) is 0 Å². The van der Waals surface area contributed by atoms with E-state index in [0.717, 1.165) is 0 Å². The summed E-state index contributed by atoms with van der Waals surface area (Å²) in [7, 11) is 0. The van der Waals surface area contributed by atoms with E-state index < -0.39 is 24.1 Å². The third kappa shape index (κ3) is 11.5. The number of hydrogen-bond donors (Lipinski definition) is 5. The van der Waals surface area contributed by atoms with E-state index in [1.165, 1.54) is 6.92 Å². The van der Waals surface area contributed by atoms with Crippen LogP contribution in [-0.4, -0.2) is 34.4 Å². The maximum Gasteiger partial charge on any atom is 0.323 e. The second-order valence-electron chi connectivity index (χ2n) is 2.01. The van der Waals surface area contributed by atoms with Crippen molar-refractivity contribution in [1.29, 1.82) is 0 Å². The highest BCUT2D eigenvalue weighted by molar-refractivity contribution is 5.73. The van der Waals surface area contributed by atoms with Gasteiger partial charge in [0, 0.05) is 0 Å². The molecule has 2 atom stereocenters. The zero-order chi connectivity index (χ0) is 10.3. The Kier molecular flexibility index (Phi) is 7.05. The lowest BCUT2D eigenvalue weighted by molar-refractivity contribution is -0.140. The van der Waals surface area contributed by atoms with E-state index in [2.05, 4.69) is 11.5 Å². The van der Waals surface area contributed by atoms with Gasteiger partial charge in [-0.05, 0) is 6.92 Å². The van der Waals surface area contributed by atoms with Crippen LogP contribution >= 0.6 is 0 Å². The highest BCUT2D eigenvalue weighted by atomic mass is 16.4. The SMILES string of the molecule is CC(O)C(N)C(=O)O.NC(N)=O. The summed E-state index contributed by atoms with van der Waals surface area (Å²) >= 11 is 0. The van der Waals surface area contributed by atoms with Crippen LogP contribution in [0.4, 0.5) is 4.79 Å². The zero-order valence-corrected chi connectivity index (χ0v) is 6.60. The zero-order valence-electron chi connectivity index (χ0n) is 6.60. The Hall–Kier alpha value is -1.34. The number of amides is 2. The number of urea groups is 1. The fourth-order valence-corrected chi connectivity index (χ4v) is 0.206. The number of aliphatic hydroxyl groups excluding tert-OH is 1. The molecule has 7 nitrogen and oxygen atoms in total. The monoisotopic (exact) mass is 179 g/mol. The van der Waals surface area contributed by atoms with Crippen LogP contribution in [-0.2, 0) is 4.79 Å². The first kappa shape index (κ1) is 13.3. The molecule has 72 valence electrons. The third-order valence-corrected chi connectivity index (χ3v) is 0.805. The summed E-state index contributed by atoms with van der Waals surface area (Å²) in [6.07, 6.45) is -0.979. The first-order valence-electron chi connectivity index (χ1n) is 3.00. The van der Waals surface area contributed by atoms with Gasteiger partial charge in [0.25, 0.3) is 0 Å². The average molecular weight is 179 g/mol. The molecule has 12 heavy (non-hydrogen) atoms. The van der Waals surface area contributed by atoms with Gasteiger partial charge in [0.1, 0.15) is 6.04 Å². The van der Waals surface area contributed by atoms with Crippen LogP contribution < -0.4 is 17.2 Å². The van der Waals surface area contributed by atoms with Gasteiger partial charge in [-0.2, -0.15) is 0 Å². The van der Waals surface area contributed by atoms with E-state index in [1.54, 1.807) is 0 Å². The third-order valence-electron chi connectivity index (χ3n) is 0.805. The lowest BCUT2D eigenvalue weighted by atomic mass is 10.2. The van der Waals surface area contributed by atoms with Crippen molar-refractivity contribution >= 4 is 12.0 Å². The van der Waals surface area contributed by atoms with Gasteiger partial charge >= 0.3 is 12.0 Å². The lowest BCUT2D eigenvalue weighted by Gasteiger charge is -2.06. The molecule has 0 radical (unpaired) electrons. The van der Waals surface area contributed by atoms with Crippen LogP contribution in [0.25, 0.3) is 0 Å². The Bertz CT molecular complexity index is 155. The van der Waals surface area contributed by atoms with Crippen LogP contribution in [0.3, 0.4) is 0 Å². The van der Waals surface area contributed by atoms with Crippen LogP contribution in [0, 0.1) is 0 Å². The van der Waals surface area contributed by atoms with Gasteiger partial charge in [-0.25, -0.2) is 4.79 Å². The van der Waals surface area contributed by atoms with E-state index in [9.17, 15) is 4.79 Å². The Balaban J connectivity index is 0. The Morgan fingerprint density at radius 2 is 1.58 bits per heavy atom. The standard InChI is InChI=1S/C4H9NO3.CH4N2O/c1-2(6)3(5)4(7)8;2-1(3)4/h2-3,6H,5H2,1H3,(H,7,8);(H4,2,3,4). The van der Waals surface area contributed by atoms with E-state index >= 15 is 0 Å². The maximum absolute atomic E-state index is 9.86. The molecule has 2 unspecified atom stereocenters. The number of carbonyl (C=O) groups excluding carboxylic acids is 1. The molecule has 2 amide bonds. The predicted molar refractivity (Wildman–Crippen MR) is 41.1 cm³/mol. The summed E-state index contributed by atoms with van der Waals surface area (Å²) in [5.74, 6) is -1.18. The molecule has 0 heterocycles. The fourth-order valence-electron chi connectivity index (χ4n) is 0.206. The molecule has 0 spiro atoms. The number of aliphatic carboxylic acids is 1. The molecule has 7 heteroatoms. The van der Waals surface area contributed by atoms with Gasteiger partial charge in [0.05, 0.1) is 6.10 Å². The highest BCUT2D eigenvalue weighted by Crippen LogP contribution is 1.85. The first-order chi connectivity index (χ1) is 5.29. The molecule has 8 N–H and O–H groups in total. The molecule has 0 aliphatic carbocycles. The minimum Gasteiger partial charge on any atom is -0.480 e. The smallest absolute Gasteiger partial charge is 0.323 e. The molecule has 0 fully saturated rings. The summed E-state index contributed by atoms with van der Waals surface area (Å²) in [5.41, 5.74) is 13.4. The average Bonchev–Trinajstić information content (AvgIpc) is 1.84. The normalized spacial score (nSPS) is 13.6. The van der Waals surface area contributed by atoms with Crippen molar-refractivity contribution in [3.63, 3.8) is 0 Å². The number of carbonyl (C=O) groups is 2. The van der Waals surface area contributed by atoms with E-state index in [4.69, 9.17) is 20.7 Å². The van der Waals surface area contributed by atoms with E-state index in [-0.39, 0.29) is 0 Å². The Labute approximate surface area is 69.1 Å². The van der Waals surface area contributed by atoms with Crippen molar-refractivity contribution in [2.24, 2.45) is 17.2 Å². The number of hydrogen-bond acceptors (Lipinski definition) is 4. The van der Waals surface area contributed by atoms with Crippen molar-refractivity contribution in [2.75, 3.05) is 0 Å². The fraction of sp³-hybridized carbons (Fsp3) is 0.600. The number of nitrogens with two attached hydrogens (primary N) is 3. The maximum atomic E-state index is 9.86. The molecule has 0 aliphatic rings. The number of carboxylic acids is 1. The van der Waals surface area contributed by atoms with E-state index in [1.807, 2.05) is 0 Å². The molecular weight excluding hydrogens is 166 g/mol. The lowest BCUT2D eigenvalue weighted by Crippen LogP contribution is -2.39. The van der Waals surface area contributed by atoms with Crippen LogP contribution in [0.2, 0.25) is 0 Å². The summed E-state index contributed by atoms with van der Waals surface area (Å²) in [5, 5.41) is 16.6. The molecule has 0 aliphatic heterocycles. The van der Waals surface area contributed by atoms with Crippen molar-refractivity contribution < 1.29 is 19.8 Å².